The molecule has 128 valence electrons. The Morgan fingerprint density at radius 3 is 2.39 bits per heavy atom. The van der Waals surface area contributed by atoms with E-state index in [2.05, 4.69) is 38.2 Å². The van der Waals surface area contributed by atoms with Crippen molar-refractivity contribution >= 4 is 5.91 Å². The average molecular weight is 319 g/mol. The molecule has 4 nitrogen and oxygen atoms in total. The Morgan fingerprint density at radius 1 is 1.22 bits per heavy atom. The lowest BCUT2D eigenvalue weighted by Gasteiger charge is -2.26. The molecule has 0 aromatic heterocycles. The summed E-state index contributed by atoms with van der Waals surface area (Å²) in [6, 6.07) is 7.96. The summed E-state index contributed by atoms with van der Waals surface area (Å²) in [6.45, 7) is 11.4. The number of benzene rings is 1. The molecule has 1 amide bonds. The van der Waals surface area contributed by atoms with Gasteiger partial charge in [-0.2, -0.15) is 0 Å². The molecule has 1 aliphatic rings. The SMILES string of the molecule is CC(C)(Oc1ccc(C(C)(C)C)cc1)C(=O)NC[C@H]1CCCO1. The van der Waals surface area contributed by atoms with E-state index in [-0.39, 0.29) is 17.4 Å². The van der Waals surface area contributed by atoms with E-state index in [0.29, 0.717) is 12.3 Å². The molecule has 0 unspecified atom stereocenters. The number of nitrogens with one attached hydrogen (secondary N) is 1. The summed E-state index contributed by atoms with van der Waals surface area (Å²) < 4.78 is 11.4. The zero-order valence-electron chi connectivity index (χ0n) is 14.9. The highest BCUT2D eigenvalue weighted by molar-refractivity contribution is 5.84. The largest absolute Gasteiger partial charge is 0.478 e. The second-order valence-electron chi connectivity index (χ2n) is 7.73. The first kappa shape index (κ1) is 17.8. The number of rotatable bonds is 5. The maximum absolute atomic E-state index is 12.4. The number of amides is 1. The lowest BCUT2D eigenvalue weighted by molar-refractivity contribution is -0.134. The van der Waals surface area contributed by atoms with Crippen molar-refractivity contribution in [2.75, 3.05) is 13.2 Å². The van der Waals surface area contributed by atoms with Gasteiger partial charge < -0.3 is 14.8 Å². The molecule has 0 aliphatic carbocycles. The predicted molar refractivity (Wildman–Crippen MR) is 91.8 cm³/mol. The smallest absolute Gasteiger partial charge is 0.263 e. The van der Waals surface area contributed by atoms with Crippen LogP contribution in [0.15, 0.2) is 24.3 Å². The molecular weight excluding hydrogens is 290 g/mol. The summed E-state index contributed by atoms with van der Waals surface area (Å²) in [5, 5.41) is 2.93. The van der Waals surface area contributed by atoms with Crippen LogP contribution in [0.2, 0.25) is 0 Å². The summed E-state index contributed by atoms with van der Waals surface area (Å²) in [6.07, 6.45) is 2.22. The molecule has 1 N–H and O–H groups in total. The van der Waals surface area contributed by atoms with E-state index >= 15 is 0 Å². The van der Waals surface area contributed by atoms with Gasteiger partial charge in [0, 0.05) is 13.2 Å². The summed E-state index contributed by atoms with van der Waals surface area (Å²) in [7, 11) is 0. The summed E-state index contributed by atoms with van der Waals surface area (Å²) in [5.74, 6) is 0.586. The van der Waals surface area contributed by atoms with Crippen molar-refractivity contribution < 1.29 is 14.3 Å². The van der Waals surface area contributed by atoms with Crippen molar-refractivity contribution in [1.29, 1.82) is 0 Å². The molecule has 1 fully saturated rings. The molecule has 0 radical (unpaired) electrons. The van der Waals surface area contributed by atoms with Gasteiger partial charge in [0.25, 0.3) is 5.91 Å². The Kier molecular flexibility index (Phi) is 5.35. The highest BCUT2D eigenvalue weighted by Gasteiger charge is 2.30. The maximum Gasteiger partial charge on any atom is 0.263 e. The van der Waals surface area contributed by atoms with Crippen LogP contribution in [-0.2, 0) is 14.9 Å². The zero-order valence-corrected chi connectivity index (χ0v) is 14.9. The fourth-order valence-electron chi connectivity index (χ4n) is 2.59. The van der Waals surface area contributed by atoms with Crippen molar-refractivity contribution in [3.63, 3.8) is 0 Å². The lowest BCUT2D eigenvalue weighted by atomic mass is 9.87. The van der Waals surface area contributed by atoms with Gasteiger partial charge in [0.15, 0.2) is 5.60 Å². The van der Waals surface area contributed by atoms with E-state index in [0.717, 1.165) is 19.4 Å². The number of ether oxygens (including phenoxy) is 2. The summed E-state index contributed by atoms with van der Waals surface area (Å²) in [5.41, 5.74) is 0.430. The molecule has 1 aromatic rings. The Morgan fingerprint density at radius 2 is 1.87 bits per heavy atom. The van der Waals surface area contributed by atoms with Crippen molar-refractivity contribution in [1.82, 2.24) is 5.32 Å². The van der Waals surface area contributed by atoms with Crippen LogP contribution in [-0.4, -0.2) is 30.8 Å². The van der Waals surface area contributed by atoms with E-state index < -0.39 is 5.60 Å². The lowest BCUT2D eigenvalue weighted by Crippen LogP contribution is -2.48. The third-order valence-electron chi connectivity index (χ3n) is 4.15. The molecule has 1 aliphatic heterocycles. The van der Waals surface area contributed by atoms with Gasteiger partial charge in [0.2, 0.25) is 0 Å². The van der Waals surface area contributed by atoms with Gasteiger partial charge in [-0.3, -0.25) is 4.79 Å². The standard InChI is InChI=1S/C19H29NO3/c1-18(2,3)14-8-10-15(11-9-14)23-19(4,5)17(21)20-13-16-7-6-12-22-16/h8-11,16H,6-7,12-13H2,1-5H3,(H,20,21)/t16-/m1/s1. The third-order valence-corrected chi connectivity index (χ3v) is 4.15. The first-order valence-corrected chi connectivity index (χ1v) is 8.38. The van der Waals surface area contributed by atoms with Crippen LogP contribution >= 0.6 is 0 Å². The summed E-state index contributed by atoms with van der Waals surface area (Å²) >= 11 is 0. The van der Waals surface area contributed by atoms with E-state index in [1.165, 1.54) is 5.56 Å². The van der Waals surface area contributed by atoms with Crippen LogP contribution in [0.3, 0.4) is 0 Å². The predicted octanol–water partition coefficient (Wildman–Crippen LogP) is 3.44. The van der Waals surface area contributed by atoms with Crippen molar-refractivity contribution in [3.05, 3.63) is 29.8 Å². The third kappa shape index (κ3) is 4.96. The quantitative estimate of drug-likeness (QED) is 0.904. The normalized spacial score (nSPS) is 18.7. The Bertz CT molecular complexity index is 523. The highest BCUT2D eigenvalue weighted by Crippen LogP contribution is 2.26. The van der Waals surface area contributed by atoms with Gasteiger partial charge in [-0.25, -0.2) is 0 Å². The van der Waals surface area contributed by atoms with Crippen molar-refractivity contribution in [2.24, 2.45) is 0 Å². The maximum atomic E-state index is 12.4. The molecule has 23 heavy (non-hydrogen) atoms. The van der Waals surface area contributed by atoms with Crippen LogP contribution in [0, 0.1) is 0 Å². The highest BCUT2D eigenvalue weighted by atomic mass is 16.5. The van der Waals surface area contributed by atoms with Crippen molar-refractivity contribution in [3.8, 4) is 5.75 Å². The number of carbonyl (C=O) groups excluding carboxylic acids is 1. The van der Waals surface area contributed by atoms with Crippen LogP contribution in [0.1, 0.15) is 53.0 Å². The molecular formula is C19H29NO3. The van der Waals surface area contributed by atoms with Gasteiger partial charge in [-0.05, 0) is 49.8 Å². The molecule has 0 saturated carbocycles. The molecule has 2 rings (SSSR count). The minimum Gasteiger partial charge on any atom is -0.478 e. The fourth-order valence-corrected chi connectivity index (χ4v) is 2.59. The number of hydrogen-bond donors (Lipinski definition) is 1. The Balaban J connectivity index is 1.92. The molecule has 1 atom stereocenters. The molecule has 0 bridgehead atoms. The molecule has 1 saturated heterocycles. The van der Waals surface area contributed by atoms with E-state index in [1.807, 2.05) is 12.1 Å². The van der Waals surface area contributed by atoms with E-state index in [1.54, 1.807) is 13.8 Å². The van der Waals surface area contributed by atoms with Gasteiger partial charge in [-0.15, -0.1) is 0 Å². The number of carbonyl (C=O) groups is 1. The van der Waals surface area contributed by atoms with Crippen LogP contribution in [0.25, 0.3) is 0 Å². The number of hydrogen-bond acceptors (Lipinski definition) is 3. The second-order valence-corrected chi connectivity index (χ2v) is 7.73. The van der Waals surface area contributed by atoms with Gasteiger partial charge in [0.05, 0.1) is 6.10 Å². The minimum absolute atomic E-state index is 0.104. The average Bonchev–Trinajstić information content (AvgIpc) is 2.97. The first-order valence-electron chi connectivity index (χ1n) is 8.38. The molecule has 0 spiro atoms. The first-order chi connectivity index (χ1) is 10.7. The Hall–Kier alpha value is -1.55. The Labute approximate surface area is 139 Å². The molecule has 1 aromatic carbocycles. The fraction of sp³-hybridized carbons (Fsp3) is 0.632. The van der Waals surface area contributed by atoms with Gasteiger partial charge in [-0.1, -0.05) is 32.9 Å². The zero-order chi connectivity index (χ0) is 17.1. The topological polar surface area (TPSA) is 47.6 Å². The monoisotopic (exact) mass is 319 g/mol. The van der Waals surface area contributed by atoms with Crippen LogP contribution < -0.4 is 10.1 Å². The minimum atomic E-state index is -0.915. The summed E-state index contributed by atoms with van der Waals surface area (Å²) in [4.78, 5) is 12.4. The van der Waals surface area contributed by atoms with Gasteiger partial charge >= 0.3 is 0 Å². The molecule has 4 heteroatoms. The van der Waals surface area contributed by atoms with E-state index in [4.69, 9.17) is 9.47 Å². The van der Waals surface area contributed by atoms with E-state index in [9.17, 15) is 4.79 Å². The molecule has 1 heterocycles. The van der Waals surface area contributed by atoms with Crippen LogP contribution in [0.5, 0.6) is 5.75 Å². The van der Waals surface area contributed by atoms with Crippen LogP contribution in [0.4, 0.5) is 0 Å². The van der Waals surface area contributed by atoms with Gasteiger partial charge in [0.1, 0.15) is 5.75 Å². The second kappa shape index (κ2) is 6.91. The van der Waals surface area contributed by atoms with Crippen molar-refractivity contribution in [2.45, 2.75) is 64.6 Å².